The van der Waals surface area contributed by atoms with Gasteiger partial charge in [-0.2, -0.15) is 0 Å². The molecule has 1 aliphatic rings. The van der Waals surface area contributed by atoms with Gasteiger partial charge >= 0.3 is 0 Å². The summed E-state index contributed by atoms with van der Waals surface area (Å²) in [7, 11) is 0. The smallest absolute Gasteiger partial charge is 0.263 e. The van der Waals surface area contributed by atoms with Crippen molar-refractivity contribution in [3.8, 4) is 5.75 Å². The molecule has 0 aliphatic carbocycles. The standard InChI is InChI=1S/C22H26N2O3/c1-4-17(5-2)23-21(25)20-14-24(18-11-6-7-12-19(18)27-20)22(26)16-10-8-9-15(3)13-16/h6-13,17,20H,4-5,14H2,1-3H3,(H,23,25). The molecule has 2 aromatic rings. The van der Waals surface area contributed by atoms with Gasteiger partial charge in [-0.1, -0.05) is 43.7 Å². The Hall–Kier alpha value is -2.82. The number of carbonyl (C=O) groups is 2. The summed E-state index contributed by atoms with van der Waals surface area (Å²) in [4.78, 5) is 27.5. The Morgan fingerprint density at radius 1 is 1.15 bits per heavy atom. The van der Waals surface area contributed by atoms with Crippen LogP contribution in [0.5, 0.6) is 5.75 Å². The Kier molecular flexibility index (Phi) is 5.79. The van der Waals surface area contributed by atoms with Crippen LogP contribution in [-0.4, -0.2) is 30.5 Å². The van der Waals surface area contributed by atoms with Gasteiger partial charge in [0.15, 0.2) is 6.10 Å². The molecule has 1 aliphatic heterocycles. The first-order valence-electron chi connectivity index (χ1n) is 9.48. The molecule has 0 aromatic heterocycles. The summed E-state index contributed by atoms with van der Waals surface area (Å²) in [6, 6.07) is 14.9. The molecule has 0 saturated carbocycles. The third-order valence-corrected chi connectivity index (χ3v) is 4.91. The predicted octanol–water partition coefficient (Wildman–Crippen LogP) is 3.71. The SMILES string of the molecule is CCC(CC)NC(=O)C1CN(C(=O)c2cccc(C)c2)c2ccccc2O1. The third kappa shape index (κ3) is 4.13. The third-order valence-electron chi connectivity index (χ3n) is 4.91. The molecule has 1 heterocycles. The lowest BCUT2D eigenvalue weighted by atomic mass is 10.1. The first kappa shape index (κ1) is 19.0. The number of para-hydroxylation sites is 2. The van der Waals surface area contributed by atoms with E-state index in [1.54, 1.807) is 17.0 Å². The summed E-state index contributed by atoms with van der Waals surface area (Å²) in [6.45, 7) is 6.23. The van der Waals surface area contributed by atoms with Gasteiger partial charge in [-0.05, 0) is 44.0 Å². The summed E-state index contributed by atoms with van der Waals surface area (Å²) >= 11 is 0. The highest BCUT2D eigenvalue weighted by Crippen LogP contribution is 2.34. The van der Waals surface area contributed by atoms with Gasteiger partial charge in [0.1, 0.15) is 5.75 Å². The van der Waals surface area contributed by atoms with Gasteiger partial charge < -0.3 is 15.0 Å². The molecule has 0 saturated heterocycles. The lowest BCUT2D eigenvalue weighted by Crippen LogP contribution is -2.52. The zero-order valence-corrected chi connectivity index (χ0v) is 16.1. The maximum Gasteiger partial charge on any atom is 0.263 e. The largest absolute Gasteiger partial charge is 0.477 e. The van der Waals surface area contributed by atoms with Crippen molar-refractivity contribution >= 4 is 17.5 Å². The molecule has 0 bridgehead atoms. The second-order valence-corrected chi connectivity index (χ2v) is 6.88. The van der Waals surface area contributed by atoms with Crippen LogP contribution in [0.1, 0.15) is 42.6 Å². The number of carbonyl (C=O) groups excluding carboxylic acids is 2. The van der Waals surface area contributed by atoms with Crippen LogP contribution >= 0.6 is 0 Å². The summed E-state index contributed by atoms with van der Waals surface area (Å²) < 4.78 is 5.92. The quantitative estimate of drug-likeness (QED) is 0.878. The maximum absolute atomic E-state index is 13.2. The van der Waals surface area contributed by atoms with E-state index in [1.165, 1.54) is 0 Å². The number of hydrogen-bond acceptors (Lipinski definition) is 3. The second kappa shape index (κ2) is 8.25. The highest BCUT2D eigenvalue weighted by atomic mass is 16.5. The number of amides is 2. The molecule has 27 heavy (non-hydrogen) atoms. The first-order valence-corrected chi connectivity index (χ1v) is 9.48. The van der Waals surface area contributed by atoms with Gasteiger partial charge in [-0.25, -0.2) is 0 Å². The van der Waals surface area contributed by atoms with Gasteiger partial charge in [0.25, 0.3) is 11.8 Å². The lowest BCUT2D eigenvalue weighted by molar-refractivity contribution is -0.128. The highest BCUT2D eigenvalue weighted by Gasteiger charge is 2.34. The van der Waals surface area contributed by atoms with Gasteiger partial charge in [0.2, 0.25) is 0 Å². The topological polar surface area (TPSA) is 58.6 Å². The molecule has 5 heteroatoms. The second-order valence-electron chi connectivity index (χ2n) is 6.88. The zero-order chi connectivity index (χ0) is 19.4. The highest BCUT2D eigenvalue weighted by molar-refractivity contribution is 6.08. The maximum atomic E-state index is 13.2. The van der Waals surface area contributed by atoms with Crippen molar-refractivity contribution in [1.29, 1.82) is 0 Å². The average Bonchev–Trinajstić information content (AvgIpc) is 2.70. The molecule has 2 aromatic carbocycles. The number of nitrogens with one attached hydrogen (secondary N) is 1. The van der Waals surface area contributed by atoms with Gasteiger partial charge in [0, 0.05) is 11.6 Å². The Labute approximate surface area is 160 Å². The molecular formula is C22H26N2O3. The predicted molar refractivity (Wildman–Crippen MR) is 106 cm³/mol. The summed E-state index contributed by atoms with van der Waals surface area (Å²) in [5, 5.41) is 3.02. The molecule has 5 nitrogen and oxygen atoms in total. The molecule has 1 unspecified atom stereocenters. The monoisotopic (exact) mass is 366 g/mol. The number of rotatable bonds is 5. The van der Waals surface area contributed by atoms with E-state index in [-0.39, 0.29) is 24.4 Å². The number of fused-ring (bicyclic) bond motifs is 1. The van der Waals surface area contributed by atoms with E-state index < -0.39 is 6.10 Å². The van der Waals surface area contributed by atoms with E-state index in [1.807, 2.05) is 57.2 Å². The molecule has 3 rings (SSSR count). The van der Waals surface area contributed by atoms with E-state index in [2.05, 4.69) is 5.32 Å². The summed E-state index contributed by atoms with van der Waals surface area (Å²) in [5.74, 6) is 0.240. The molecule has 0 fully saturated rings. The first-order chi connectivity index (χ1) is 13.0. The molecule has 0 spiro atoms. The molecule has 2 amide bonds. The number of hydrogen-bond donors (Lipinski definition) is 1. The van der Waals surface area contributed by atoms with Crippen molar-refractivity contribution in [3.05, 3.63) is 59.7 Å². The lowest BCUT2D eigenvalue weighted by Gasteiger charge is -2.34. The fourth-order valence-corrected chi connectivity index (χ4v) is 3.28. The van der Waals surface area contributed by atoms with Gasteiger partial charge in [0.05, 0.1) is 12.2 Å². The molecular weight excluding hydrogens is 340 g/mol. The van der Waals surface area contributed by atoms with Crippen LogP contribution in [0.3, 0.4) is 0 Å². The van der Waals surface area contributed by atoms with Crippen molar-refractivity contribution in [2.45, 2.75) is 45.8 Å². The Balaban J connectivity index is 1.89. The van der Waals surface area contributed by atoms with Crippen LogP contribution in [0.25, 0.3) is 0 Å². The number of nitrogens with zero attached hydrogens (tertiary/aromatic N) is 1. The van der Waals surface area contributed by atoms with Crippen LogP contribution in [0.4, 0.5) is 5.69 Å². The minimum atomic E-state index is -0.728. The van der Waals surface area contributed by atoms with Crippen molar-refractivity contribution in [1.82, 2.24) is 5.32 Å². The normalized spacial score (nSPS) is 15.9. The Morgan fingerprint density at radius 2 is 1.89 bits per heavy atom. The Bertz CT molecular complexity index is 830. The molecule has 1 atom stereocenters. The summed E-state index contributed by atoms with van der Waals surface area (Å²) in [5.41, 5.74) is 2.31. The minimum Gasteiger partial charge on any atom is -0.477 e. The number of benzene rings is 2. The van der Waals surface area contributed by atoms with E-state index >= 15 is 0 Å². The van der Waals surface area contributed by atoms with Crippen LogP contribution < -0.4 is 15.0 Å². The van der Waals surface area contributed by atoms with Crippen LogP contribution in [0.2, 0.25) is 0 Å². The van der Waals surface area contributed by atoms with Crippen LogP contribution in [0.15, 0.2) is 48.5 Å². The average molecular weight is 366 g/mol. The fourth-order valence-electron chi connectivity index (χ4n) is 3.28. The van der Waals surface area contributed by atoms with Crippen molar-refractivity contribution < 1.29 is 14.3 Å². The van der Waals surface area contributed by atoms with E-state index in [9.17, 15) is 9.59 Å². The molecule has 0 radical (unpaired) electrons. The number of anilines is 1. The van der Waals surface area contributed by atoms with E-state index in [0.717, 1.165) is 18.4 Å². The van der Waals surface area contributed by atoms with Gasteiger partial charge in [-0.3, -0.25) is 9.59 Å². The number of ether oxygens (including phenoxy) is 1. The Morgan fingerprint density at radius 3 is 2.59 bits per heavy atom. The molecule has 1 N–H and O–H groups in total. The van der Waals surface area contributed by atoms with E-state index in [0.29, 0.717) is 17.0 Å². The summed E-state index contributed by atoms with van der Waals surface area (Å²) in [6.07, 6.45) is 0.990. The fraction of sp³-hybridized carbons (Fsp3) is 0.364. The van der Waals surface area contributed by atoms with Crippen LogP contribution in [-0.2, 0) is 4.79 Å². The van der Waals surface area contributed by atoms with Crippen molar-refractivity contribution in [3.63, 3.8) is 0 Å². The number of aryl methyl sites for hydroxylation is 1. The van der Waals surface area contributed by atoms with Crippen molar-refractivity contribution in [2.75, 3.05) is 11.4 Å². The minimum absolute atomic E-state index is 0.110. The molecule has 142 valence electrons. The van der Waals surface area contributed by atoms with Crippen LogP contribution in [0, 0.1) is 6.92 Å². The van der Waals surface area contributed by atoms with E-state index in [4.69, 9.17) is 4.74 Å². The van der Waals surface area contributed by atoms with Crippen molar-refractivity contribution in [2.24, 2.45) is 0 Å². The zero-order valence-electron chi connectivity index (χ0n) is 16.1. The van der Waals surface area contributed by atoms with Gasteiger partial charge in [-0.15, -0.1) is 0 Å².